The van der Waals surface area contributed by atoms with Gasteiger partial charge in [0.05, 0.1) is 44.1 Å². The van der Waals surface area contributed by atoms with Crippen molar-refractivity contribution in [2.24, 2.45) is 35.5 Å². The zero-order valence-corrected chi connectivity index (χ0v) is 20.5. The molecule has 4 rings (SSSR count). The first-order chi connectivity index (χ1) is 16.2. The van der Waals surface area contributed by atoms with E-state index < -0.39 is 59.8 Å². The van der Waals surface area contributed by atoms with Crippen LogP contribution in [-0.2, 0) is 28.5 Å². The molecule has 2 heterocycles. The molecule has 0 aromatic rings. The summed E-state index contributed by atoms with van der Waals surface area (Å²) in [4.78, 5) is 13.5. The van der Waals surface area contributed by atoms with Crippen molar-refractivity contribution in [1.29, 1.82) is 0 Å². The third-order valence-corrected chi connectivity index (χ3v) is 8.30. The molecule has 0 amide bonds. The zero-order valence-electron chi connectivity index (χ0n) is 20.5. The monoisotopic (exact) mass is 482 g/mol. The topological polar surface area (TPSA) is 124 Å². The van der Waals surface area contributed by atoms with E-state index in [9.17, 15) is 20.1 Å². The summed E-state index contributed by atoms with van der Waals surface area (Å²) in [7, 11) is 4.54. The number of cyclic esters (lactones) is 1. The lowest BCUT2D eigenvalue weighted by Gasteiger charge is -2.49. The maximum absolute atomic E-state index is 13.5. The summed E-state index contributed by atoms with van der Waals surface area (Å²) in [6, 6.07) is 0. The van der Waals surface area contributed by atoms with Crippen LogP contribution in [0.5, 0.6) is 0 Å². The van der Waals surface area contributed by atoms with Gasteiger partial charge in [0.25, 0.3) is 0 Å². The summed E-state index contributed by atoms with van der Waals surface area (Å²) in [6.07, 6.45) is 1.68. The van der Waals surface area contributed by atoms with Crippen molar-refractivity contribution >= 4 is 5.97 Å². The predicted molar refractivity (Wildman–Crippen MR) is 121 cm³/mol. The number of methoxy groups -OCH3 is 3. The van der Waals surface area contributed by atoms with E-state index in [0.717, 1.165) is 5.57 Å². The van der Waals surface area contributed by atoms with Crippen molar-refractivity contribution in [1.82, 2.24) is 0 Å². The maximum atomic E-state index is 13.5. The minimum Gasteiger partial charge on any atom is -0.459 e. The molecule has 1 saturated heterocycles. The van der Waals surface area contributed by atoms with Gasteiger partial charge in [0.2, 0.25) is 0 Å². The molecule has 1 saturated carbocycles. The fourth-order valence-electron chi connectivity index (χ4n) is 6.87. The highest BCUT2D eigenvalue weighted by Crippen LogP contribution is 2.61. The van der Waals surface area contributed by atoms with Gasteiger partial charge in [-0.3, -0.25) is 4.79 Å². The first-order valence-corrected chi connectivity index (χ1v) is 12.0. The van der Waals surface area contributed by atoms with E-state index in [0.29, 0.717) is 0 Å². The standard InChI is InChI=1S/C25H38O9/c1-12-8-13(2)25-17(15(9-30-3)24(29)33-22(12)18(26)11-32-5)7-6-14-19(25)20(27)16(10-31-4)21(28)23(14)34-25/h6-8,12,14-23,26-28H,9-11H2,1-5H3/b13-8+/t12-,14-,15-,16-,17-,18-,19+,20-,21-,22+,23-,25+/m1/s1. The summed E-state index contributed by atoms with van der Waals surface area (Å²) in [5.41, 5.74) is -0.199. The molecule has 2 aliphatic carbocycles. The largest absolute Gasteiger partial charge is 0.459 e. The Bertz CT molecular complexity index is 812. The average Bonchev–Trinajstić information content (AvgIpc) is 3.00. The van der Waals surface area contributed by atoms with Gasteiger partial charge in [-0.1, -0.05) is 25.2 Å². The Kier molecular flexibility index (Phi) is 7.55. The van der Waals surface area contributed by atoms with E-state index >= 15 is 0 Å². The first kappa shape index (κ1) is 25.8. The molecule has 4 bridgehead atoms. The van der Waals surface area contributed by atoms with Gasteiger partial charge in [-0.2, -0.15) is 0 Å². The molecule has 192 valence electrons. The van der Waals surface area contributed by atoms with Crippen molar-refractivity contribution in [3.05, 3.63) is 23.8 Å². The van der Waals surface area contributed by atoms with Gasteiger partial charge in [0.15, 0.2) is 0 Å². The van der Waals surface area contributed by atoms with Crippen LogP contribution in [0.25, 0.3) is 0 Å². The number of ether oxygens (including phenoxy) is 5. The molecule has 9 heteroatoms. The van der Waals surface area contributed by atoms with Crippen LogP contribution in [0.3, 0.4) is 0 Å². The zero-order chi connectivity index (χ0) is 24.8. The molecule has 0 aromatic carbocycles. The number of hydrogen-bond donors (Lipinski definition) is 3. The molecule has 4 aliphatic rings. The minimum absolute atomic E-state index is 0.0193. The summed E-state index contributed by atoms with van der Waals surface area (Å²) in [5, 5.41) is 33.3. The fourth-order valence-corrected chi connectivity index (χ4v) is 6.87. The van der Waals surface area contributed by atoms with E-state index in [2.05, 4.69) is 0 Å². The number of hydrogen-bond acceptors (Lipinski definition) is 9. The number of esters is 1. The third-order valence-electron chi connectivity index (χ3n) is 8.30. The highest BCUT2D eigenvalue weighted by molar-refractivity contribution is 5.74. The van der Waals surface area contributed by atoms with Crippen LogP contribution < -0.4 is 0 Å². The number of carbonyl (C=O) groups excluding carboxylic acids is 1. The van der Waals surface area contributed by atoms with E-state index in [1.165, 1.54) is 14.2 Å². The van der Waals surface area contributed by atoms with Crippen LogP contribution in [-0.4, -0.2) is 98.6 Å². The smallest absolute Gasteiger partial charge is 0.312 e. The second kappa shape index (κ2) is 9.97. The molecule has 12 atom stereocenters. The van der Waals surface area contributed by atoms with Crippen LogP contribution >= 0.6 is 0 Å². The predicted octanol–water partition coefficient (Wildman–Crippen LogP) is 0.318. The summed E-state index contributed by atoms with van der Waals surface area (Å²) in [6.45, 7) is 4.11. The second-order valence-electron chi connectivity index (χ2n) is 10.2. The summed E-state index contributed by atoms with van der Waals surface area (Å²) < 4.78 is 28.5. The lowest BCUT2D eigenvalue weighted by Crippen LogP contribution is -2.59. The van der Waals surface area contributed by atoms with Gasteiger partial charge in [-0.25, -0.2) is 0 Å². The highest BCUT2D eigenvalue weighted by Gasteiger charge is 2.70. The Balaban J connectivity index is 1.85. The Morgan fingerprint density at radius 2 is 1.79 bits per heavy atom. The van der Waals surface area contributed by atoms with Crippen LogP contribution in [0.4, 0.5) is 0 Å². The number of aliphatic hydroxyl groups excluding tert-OH is 3. The number of aliphatic hydroxyl groups is 3. The third kappa shape index (κ3) is 3.86. The molecule has 34 heavy (non-hydrogen) atoms. The van der Waals surface area contributed by atoms with Crippen molar-refractivity contribution in [2.75, 3.05) is 41.2 Å². The van der Waals surface area contributed by atoms with Crippen molar-refractivity contribution < 1.29 is 43.8 Å². The van der Waals surface area contributed by atoms with Crippen LogP contribution in [0.2, 0.25) is 0 Å². The fraction of sp³-hybridized carbons (Fsp3) is 0.800. The summed E-state index contributed by atoms with van der Waals surface area (Å²) in [5.74, 6) is -3.18. The normalized spacial score (nSPS) is 48.1. The molecule has 0 aromatic heterocycles. The van der Waals surface area contributed by atoms with Crippen LogP contribution in [0, 0.1) is 35.5 Å². The number of rotatable bonds is 7. The van der Waals surface area contributed by atoms with E-state index in [-0.39, 0.29) is 37.6 Å². The Hall–Kier alpha value is -1.33. The van der Waals surface area contributed by atoms with E-state index in [4.69, 9.17) is 23.7 Å². The van der Waals surface area contributed by atoms with Gasteiger partial charge < -0.3 is 39.0 Å². The van der Waals surface area contributed by atoms with Crippen molar-refractivity contribution in [2.45, 2.75) is 50.0 Å². The van der Waals surface area contributed by atoms with Gasteiger partial charge in [-0.05, 0) is 12.5 Å². The second-order valence-corrected chi connectivity index (χ2v) is 10.2. The van der Waals surface area contributed by atoms with Crippen LogP contribution in [0.1, 0.15) is 13.8 Å². The quantitative estimate of drug-likeness (QED) is 0.348. The number of carbonyl (C=O) groups is 1. The molecule has 3 N–H and O–H groups in total. The molecular formula is C25H38O9. The van der Waals surface area contributed by atoms with Crippen molar-refractivity contribution in [3.8, 4) is 0 Å². The first-order valence-electron chi connectivity index (χ1n) is 12.0. The molecule has 2 fully saturated rings. The van der Waals surface area contributed by atoms with Crippen molar-refractivity contribution in [3.63, 3.8) is 0 Å². The molecule has 0 radical (unpaired) electrons. The molecule has 0 unspecified atom stereocenters. The summed E-state index contributed by atoms with van der Waals surface area (Å²) >= 11 is 0. The highest BCUT2D eigenvalue weighted by atomic mass is 16.6. The molecule has 2 aliphatic heterocycles. The average molecular weight is 483 g/mol. The van der Waals surface area contributed by atoms with Gasteiger partial charge >= 0.3 is 5.97 Å². The molecule has 1 spiro atoms. The van der Waals surface area contributed by atoms with E-state index in [1.807, 2.05) is 32.1 Å². The Morgan fingerprint density at radius 1 is 1.09 bits per heavy atom. The van der Waals surface area contributed by atoms with Gasteiger partial charge in [0, 0.05) is 50.9 Å². The Labute approximate surface area is 200 Å². The molecule has 9 nitrogen and oxygen atoms in total. The van der Waals surface area contributed by atoms with Crippen LogP contribution in [0.15, 0.2) is 23.8 Å². The Morgan fingerprint density at radius 3 is 2.44 bits per heavy atom. The van der Waals surface area contributed by atoms with E-state index in [1.54, 1.807) is 7.11 Å². The minimum atomic E-state index is -1.04. The lowest BCUT2D eigenvalue weighted by atomic mass is 9.56. The SMILES string of the molecule is COC[C@H]1[C@@H](O)[C@@H]2O[C@@]34/C(C)=C/[C@@H](C)[C@@H]([C@H](O)COC)OC(=O)[C@H](COC)[C@H]3C=C[C@@H]2[C@H]4[C@@H]1O. The molecular weight excluding hydrogens is 444 g/mol. The van der Waals surface area contributed by atoms with Gasteiger partial charge in [0.1, 0.15) is 17.8 Å². The maximum Gasteiger partial charge on any atom is 0.312 e. The van der Waals surface area contributed by atoms with Gasteiger partial charge in [-0.15, -0.1) is 0 Å². The lowest BCUT2D eigenvalue weighted by molar-refractivity contribution is -0.173.